The lowest BCUT2D eigenvalue weighted by atomic mass is 10.2. The van der Waals surface area contributed by atoms with Gasteiger partial charge in [0.05, 0.1) is 0 Å². The normalized spacial score (nSPS) is 28.1. The van der Waals surface area contributed by atoms with Crippen LogP contribution in [0.5, 0.6) is 0 Å². The van der Waals surface area contributed by atoms with Gasteiger partial charge in [0.15, 0.2) is 0 Å². The number of halogens is 1. The van der Waals surface area contributed by atoms with Crippen LogP contribution in [0, 0.1) is 0 Å². The van der Waals surface area contributed by atoms with Crippen molar-refractivity contribution in [3.8, 4) is 0 Å². The first kappa shape index (κ1) is 8.69. The van der Waals surface area contributed by atoms with Gasteiger partial charge in [-0.05, 0) is 25.3 Å². The summed E-state index contributed by atoms with van der Waals surface area (Å²) in [5.74, 6) is 0. The Kier molecular flexibility index (Phi) is 2.59. The Morgan fingerprint density at radius 1 is 1.62 bits per heavy atom. The third kappa shape index (κ3) is 2.06. The van der Waals surface area contributed by atoms with Crippen molar-refractivity contribution in [2.75, 3.05) is 0 Å². The number of hydrogen-bond donors (Lipinski definition) is 2. The predicted octanol–water partition coefficient (Wildman–Crippen LogP) is 1.39. The maximum Gasteiger partial charge on any atom is 0.115 e. The molecule has 0 radical (unpaired) electrons. The maximum atomic E-state index is 13.1. The number of alkyl halides is 1. The summed E-state index contributed by atoms with van der Waals surface area (Å²) in [7, 11) is 0. The fourth-order valence-corrected chi connectivity index (χ4v) is 1.77. The van der Waals surface area contributed by atoms with E-state index in [9.17, 15) is 4.39 Å². The third-order valence-corrected chi connectivity index (χ3v) is 2.54. The second-order valence-electron chi connectivity index (χ2n) is 3.52. The van der Waals surface area contributed by atoms with E-state index in [1.54, 1.807) is 6.20 Å². The summed E-state index contributed by atoms with van der Waals surface area (Å²) < 4.78 is 13.1. The topological polar surface area (TPSA) is 40.7 Å². The minimum atomic E-state index is -0.664. The van der Waals surface area contributed by atoms with Gasteiger partial charge in [-0.25, -0.2) is 4.39 Å². The summed E-state index contributed by atoms with van der Waals surface area (Å²) in [6.45, 7) is 0.686. The van der Waals surface area contributed by atoms with Gasteiger partial charge in [-0.2, -0.15) is 5.10 Å². The highest BCUT2D eigenvalue weighted by atomic mass is 19.1. The van der Waals surface area contributed by atoms with E-state index in [1.165, 1.54) is 0 Å². The molecule has 72 valence electrons. The van der Waals surface area contributed by atoms with Gasteiger partial charge >= 0.3 is 0 Å². The van der Waals surface area contributed by atoms with Crippen molar-refractivity contribution in [2.24, 2.45) is 0 Å². The Hall–Kier alpha value is -0.900. The monoisotopic (exact) mass is 183 g/mol. The van der Waals surface area contributed by atoms with Gasteiger partial charge < -0.3 is 5.32 Å². The molecule has 0 saturated heterocycles. The van der Waals surface area contributed by atoms with Crippen molar-refractivity contribution >= 4 is 0 Å². The Labute approximate surface area is 76.7 Å². The Morgan fingerprint density at radius 2 is 2.54 bits per heavy atom. The van der Waals surface area contributed by atoms with Gasteiger partial charge in [-0.1, -0.05) is 0 Å². The maximum absolute atomic E-state index is 13.1. The summed E-state index contributed by atoms with van der Waals surface area (Å²) in [5.41, 5.74) is 1.01. The average Bonchev–Trinajstić information content (AvgIpc) is 2.72. The molecule has 13 heavy (non-hydrogen) atoms. The molecule has 1 aliphatic rings. The SMILES string of the molecule is F[C@H]1CCC[C@H]1NCc1ccn[nH]1. The number of nitrogens with zero attached hydrogens (tertiary/aromatic N) is 1. The van der Waals surface area contributed by atoms with Crippen LogP contribution in [0.4, 0.5) is 4.39 Å². The van der Waals surface area contributed by atoms with E-state index in [0.29, 0.717) is 13.0 Å². The lowest BCUT2D eigenvalue weighted by Gasteiger charge is -2.13. The molecule has 0 aromatic carbocycles. The van der Waals surface area contributed by atoms with Crippen LogP contribution in [0.2, 0.25) is 0 Å². The highest BCUT2D eigenvalue weighted by molar-refractivity contribution is 4.97. The van der Waals surface area contributed by atoms with E-state index in [1.807, 2.05) is 6.07 Å². The number of aromatic nitrogens is 2. The van der Waals surface area contributed by atoms with Crippen molar-refractivity contribution in [1.82, 2.24) is 15.5 Å². The van der Waals surface area contributed by atoms with Gasteiger partial charge in [0.25, 0.3) is 0 Å². The quantitative estimate of drug-likeness (QED) is 0.743. The summed E-state index contributed by atoms with van der Waals surface area (Å²) >= 11 is 0. The molecule has 0 amide bonds. The minimum Gasteiger partial charge on any atom is -0.306 e. The second kappa shape index (κ2) is 3.87. The molecular weight excluding hydrogens is 169 g/mol. The van der Waals surface area contributed by atoms with E-state index in [0.717, 1.165) is 18.5 Å². The standard InChI is InChI=1S/C9H14FN3/c10-8-2-1-3-9(8)11-6-7-4-5-12-13-7/h4-5,8-9,11H,1-3,6H2,(H,12,13)/t8-,9+/m0/s1. The molecule has 0 unspecified atom stereocenters. The molecule has 4 heteroatoms. The van der Waals surface area contributed by atoms with Crippen LogP contribution in [0.25, 0.3) is 0 Å². The molecule has 2 rings (SSSR count). The Balaban J connectivity index is 1.79. The van der Waals surface area contributed by atoms with Crippen molar-refractivity contribution in [2.45, 2.75) is 38.0 Å². The molecule has 0 spiro atoms. The van der Waals surface area contributed by atoms with Gasteiger partial charge in [0, 0.05) is 24.5 Å². The van der Waals surface area contributed by atoms with Crippen LogP contribution < -0.4 is 5.32 Å². The number of hydrogen-bond acceptors (Lipinski definition) is 2. The fraction of sp³-hybridized carbons (Fsp3) is 0.667. The van der Waals surface area contributed by atoms with Crippen molar-refractivity contribution in [3.05, 3.63) is 18.0 Å². The van der Waals surface area contributed by atoms with Gasteiger partial charge in [0.2, 0.25) is 0 Å². The molecule has 1 saturated carbocycles. The number of aromatic amines is 1. The van der Waals surface area contributed by atoms with Gasteiger partial charge in [0.1, 0.15) is 6.17 Å². The minimum absolute atomic E-state index is 0.0447. The average molecular weight is 183 g/mol. The highest BCUT2D eigenvalue weighted by Gasteiger charge is 2.25. The molecule has 1 heterocycles. The summed E-state index contributed by atoms with van der Waals surface area (Å²) in [6, 6.07) is 1.94. The van der Waals surface area contributed by atoms with Gasteiger partial charge in [-0.15, -0.1) is 0 Å². The summed E-state index contributed by atoms with van der Waals surface area (Å²) in [5, 5.41) is 9.86. The van der Waals surface area contributed by atoms with Crippen LogP contribution in [0.15, 0.2) is 12.3 Å². The first-order valence-electron chi connectivity index (χ1n) is 4.72. The highest BCUT2D eigenvalue weighted by Crippen LogP contribution is 2.21. The van der Waals surface area contributed by atoms with E-state index in [-0.39, 0.29) is 6.04 Å². The van der Waals surface area contributed by atoms with E-state index in [2.05, 4.69) is 15.5 Å². The van der Waals surface area contributed by atoms with Crippen LogP contribution in [0.3, 0.4) is 0 Å². The number of rotatable bonds is 3. The summed E-state index contributed by atoms with van der Waals surface area (Å²) in [4.78, 5) is 0. The fourth-order valence-electron chi connectivity index (χ4n) is 1.77. The largest absolute Gasteiger partial charge is 0.306 e. The van der Waals surface area contributed by atoms with E-state index in [4.69, 9.17) is 0 Å². The molecule has 1 aromatic heterocycles. The molecule has 1 fully saturated rings. The van der Waals surface area contributed by atoms with E-state index < -0.39 is 6.17 Å². The zero-order valence-electron chi connectivity index (χ0n) is 7.46. The Bertz CT molecular complexity index is 247. The molecular formula is C9H14FN3. The molecule has 1 aliphatic carbocycles. The Morgan fingerprint density at radius 3 is 3.15 bits per heavy atom. The zero-order valence-corrected chi connectivity index (χ0v) is 7.46. The zero-order chi connectivity index (χ0) is 9.10. The van der Waals surface area contributed by atoms with Crippen LogP contribution >= 0.6 is 0 Å². The first-order chi connectivity index (χ1) is 6.36. The number of H-pyrrole nitrogens is 1. The van der Waals surface area contributed by atoms with Crippen LogP contribution in [-0.4, -0.2) is 22.4 Å². The molecule has 0 aliphatic heterocycles. The van der Waals surface area contributed by atoms with Crippen molar-refractivity contribution in [1.29, 1.82) is 0 Å². The predicted molar refractivity (Wildman–Crippen MR) is 48.0 cm³/mol. The molecule has 3 nitrogen and oxygen atoms in total. The molecule has 2 atom stereocenters. The molecule has 0 bridgehead atoms. The van der Waals surface area contributed by atoms with Crippen molar-refractivity contribution in [3.63, 3.8) is 0 Å². The van der Waals surface area contributed by atoms with Crippen LogP contribution in [0.1, 0.15) is 25.0 Å². The first-order valence-corrected chi connectivity index (χ1v) is 4.72. The lowest BCUT2D eigenvalue weighted by Crippen LogP contribution is -2.32. The van der Waals surface area contributed by atoms with Crippen LogP contribution in [-0.2, 0) is 6.54 Å². The smallest absolute Gasteiger partial charge is 0.115 e. The lowest BCUT2D eigenvalue weighted by molar-refractivity contribution is 0.278. The van der Waals surface area contributed by atoms with Crippen molar-refractivity contribution < 1.29 is 4.39 Å². The second-order valence-corrected chi connectivity index (χ2v) is 3.52. The number of nitrogens with one attached hydrogen (secondary N) is 2. The molecule has 1 aromatic rings. The van der Waals surface area contributed by atoms with E-state index >= 15 is 0 Å². The van der Waals surface area contributed by atoms with Gasteiger partial charge in [-0.3, -0.25) is 5.10 Å². The molecule has 2 N–H and O–H groups in total. The summed E-state index contributed by atoms with van der Waals surface area (Å²) in [6.07, 6.45) is 3.71. The third-order valence-electron chi connectivity index (χ3n) is 2.54.